The molecule has 7 aromatic carbocycles. The van der Waals surface area contributed by atoms with Crippen LogP contribution in [0.15, 0.2) is 175 Å². The molecule has 0 unspecified atom stereocenters. The second-order valence-electron chi connectivity index (χ2n) is 16.4. The molecular weight excluding hydrogens is 734 g/mol. The van der Waals surface area contributed by atoms with E-state index in [1.165, 1.54) is 32.7 Å². The number of pyridine rings is 1. The molecule has 272 valence electrons. The van der Waals surface area contributed by atoms with Crippen LogP contribution in [0.2, 0.25) is 0 Å². The summed E-state index contributed by atoms with van der Waals surface area (Å²) in [5.74, 6) is 0. The second kappa shape index (κ2) is 14.5. The molecule has 0 atom stereocenters. The number of nitrogens with zero attached hydrogens (tertiary/aromatic N) is 3. The van der Waals surface area contributed by atoms with Crippen LogP contribution in [0.4, 0.5) is 34.1 Å². The summed E-state index contributed by atoms with van der Waals surface area (Å²) in [7, 11) is 0. The molecule has 0 N–H and O–H groups in total. The quantitative estimate of drug-likeness (QED) is 0.161. The number of halogens is 1. The molecule has 0 bridgehead atoms. The zero-order valence-electron chi connectivity index (χ0n) is 32.4. The molecular formula is C51H46BrN3. The molecule has 0 spiro atoms. The van der Waals surface area contributed by atoms with E-state index in [0.29, 0.717) is 0 Å². The SMILES string of the molecule is CC(C)(C)c1ccc(N(c2ccc(C(C)(C)C)cc2)c2cc(-c3cccnc3)cc(N(c3ccc4ccccc4c3)c3ccc4ccccc4c3)c2Br)cc1. The molecule has 0 aliphatic heterocycles. The fourth-order valence-corrected chi connectivity index (χ4v) is 7.91. The predicted molar refractivity (Wildman–Crippen MR) is 239 cm³/mol. The largest absolute Gasteiger partial charge is 0.309 e. The first-order chi connectivity index (χ1) is 26.4. The van der Waals surface area contributed by atoms with Gasteiger partial charge in [-0.15, -0.1) is 0 Å². The Morgan fingerprint density at radius 1 is 0.418 bits per heavy atom. The Hall–Kier alpha value is -5.71. The van der Waals surface area contributed by atoms with Gasteiger partial charge in [0.05, 0.1) is 15.8 Å². The number of anilines is 6. The van der Waals surface area contributed by atoms with Crippen molar-refractivity contribution in [1.82, 2.24) is 4.98 Å². The van der Waals surface area contributed by atoms with Crippen LogP contribution in [0.1, 0.15) is 52.7 Å². The molecule has 3 nitrogen and oxygen atoms in total. The Kier molecular flexibility index (Phi) is 9.57. The zero-order valence-corrected chi connectivity index (χ0v) is 34.0. The highest BCUT2D eigenvalue weighted by Gasteiger charge is 2.25. The van der Waals surface area contributed by atoms with Crippen molar-refractivity contribution in [2.45, 2.75) is 52.4 Å². The first kappa shape index (κ1) is 36.3. The van der Waals surface area contributed by atoms with E-state index in [0.717, 1.165) is 49.7 Å². The standard InChI is InChI=1S/C51H46BrN3/c1-50(2,3)41-19-25-43(26-20-41)54(44-27-21-42(22-28-44)51(4,5)6)47-32-40(39-16-11-29-53-34-39)33-48(49(47)52)55(45-23-17-35-12-7-9-14-37(35)30-45)46-24-18-36-13-8-10-15-38(36)31-46/h7-34H,1-6H3. The highest BCUT2D eigenvalue weighted by atomic mass is 79.9. The molecule has 0 amide bonds. The first-order valence-corrected chi connectivity index (χ1v) is 19.8. The lowest BCUT2D eigenvalue weighted by molar-refractivity contribution is 0.590. The van der Waals surface area contributed by atoms with Gasteiger partial charge in [-0.1, -0.05) is 133 Å². The molecule has 8 aromatic rings. The molecule has 1 heterocycles. The van der Waals surface area contributed by atoms with Crippen molar-refractivity contribution in [3.8, 4) is 11.1 Å². The van der Waals surface area contributed by atoms with Gasteiger partial charge in [-0.2, -0.15) is 0 Å². The fraction of sp³-hybridized carbons (Fsp3) is 0.157. The Morgan fingerprint density at radius 2 is 0.836 bits per heavy atom. The summed E-state index contributed by atoms with van der Waals surface area (Å²) in [5, 5.41) is 4.78. The van der Waals surface area contributed by atoms with Gasteiger partial charge < -0.3 is 9.80 Å². The van der Waals surface area contributed by atoms with Crippen molar-refractivity contribution in [2.24, 2.45) is 0 Å². The highest BCUT2D eigenvalue weighted by Crippen LogP contribution is 2.50. The van der Waals surface area contributed by atoms with Gasteiger partial charge in [-0.3, -0.25) is 4.98 Å². The summed E-state index contributed by atoms with van der Waals surface area (Å²) in [4.78, 5) is 9.32. The monoisotopic (exact) mass is 779 g/mol. The Balaban J connectivity index is 1.42. The highest BCUT2D eigenvalue weighted by molar-refractivity contribution is 9.10. The fourth-order valence-electron chi connectivity index (χ4n) is 7.33. The maximum absolute atomic E-state index is 4.56. The van der Waals surface area contributed by atoms with Crippen molar-refractivity contribution in [3.05, 3.63) is 186 Å². The molecule has 0 aliphatic rings. The third-order valence-corrected chi connectivity index (χ3v) is 11.3. The number of hydrogen-bond acceptors (Lipinski definition) is 3. The third-order valence-electron chi connectivity index (χ3n) is 10.5. The smallest absolute Gasteiger partial charge is 0.0657 e. The van der Waals surface area contributed by atoms with Gasteiger partial charge in [-0.25, -0.2) is 0 Å². The van der Waals surface area contributed by atoms with Crippen molar-refractivity contribution in [1.29, 1.82) is 0 Å². The average Bonchev–Trinajstić information content (AvgIpc) is 3.19. The summed E-state index contributed by atoms with van der Waals surface area (Å²) < 4.78 is 0.973. The second-order valence-corrected chi connectivity index (χ2v) is 17.2. The number of benzene rings is 7. The van der Waals surface area contributed by atoms with E-state index in [2.05, 4.69) is 224 Å². The Bertz CT molecular complexity index is 2480. The normalized spacial score (nSPS) is 11.9. The molecule has 4 heteroatoms. The van der Waals surface area contributed by atoms with E-state index >= 15 is 0 Å². The number of rotatable bonds is 7. The molecule has 0 radical (unpaired) electrons. The van der Waals surface area contributed by atoms with Gasteiger partial charge >= 0.3 is 0 Å². The van der Waals surface area contributed by atoms with Crippen LogP contribution in [-0.2, 0) is 10.8 Å². The van der Waals surface area contributed by atoms with E-state index in [1.54, 1.807) is 0 Å². The topological polar surface area (TPSA) is 19.4 Å². The molecule has 0 saturated carbocycles. The van der Waals surface area contributed by atoms with Crippen LogP contribution in [0.25, 0.3) is 32.7 Å². The van der Waals surface area contributed by atoms with E-state index in [4.69, 9.17) is 0 Å². The van der Waals surface area contributed by atoms with Crippen molar-refractivity contribution in [2.75, 3.05) is 9.80 Å². The van der Waals surface area contributed by atoms with Gasteiger partial charge in [0.2, 0.25) is 0 Å². The molecule has 0 saturated heterocycles. The molecule has 0 aliphatic carbocycles. The number of aromatic nitrogens is 1. The lowest BCUT2D eigenvalue weighted by Crippen LogP contribution is -2.16. The predicted octanol–water partition coefficient (Wildman–Crippen LogP) is 15.4. The van der Waals surface area contributed by atoms with E-state index < -0.39 is 0 Å². The summed E-state index contributed by atoms with van der Waals surface area (Å²) in [6.07, 6.45) is 3.79. The van der Waals surface area contributed by atoms with Crippen molar-refractivity contribution in [3.63, 3.8) is 0 Å². The maximum atomic E-state index is 4.56. The lowest BCUT2D eigenvalue weighted by atomic mass is 9.86. The third kappa shape index (κ3) is 7.39. The summed E-state index contributed by atoms with van der Waals surface area (Å²) >= 11 is 4.27. The number of hydrogen-bond donors (Lipinski definition) is 0. The lowest BCUT2D eigenvalue weighted by Gasteiger charge is -2.33. The van der Waals surface area contributed by atoms with Gasteiger partial charge in [0.15, 0.2) is 0 Å². The van der Waals surface area contributed by atoms with E-state index in [1.807, 2.05) is 18.5 Å². The van der Waals surface area contributed by atoms with E-state index in [9.17, 15) is 0 Å². The first-order valence-electron chi connectivity index (χ1n) is 19.0. The van der Waals surface area contributed by atoms with Crippen LogP contribution in [0.5, 0.6) is 0 Å². The molecule has 0 fully saturated rings. The minimum Gasteiger partial charge on any atom is -0.309 e. The maximum Gasteiger partial charge on any atom is 0.0657 e. The van der Waals surface area contributed by atoms with Crippen molar-refractivity contribution >= 4 is 71.6 Å². The van der Waals surface area contributed by atoms with Gasteiger partial charge in [0, 0.05) is 40.7 Å². The molecule has 55 heavy (non-hydrogen) atoms. The van der Waals surface area contributed by atoms with Crippen LogP contribution in [-0.4, -0.2) is 4.98 Å². The molecule has 1 aromatic heterocycles. The minimum atomic E-state index is 0.0336. The van der Waals surface area contributed by atoms with Crippen LogP contribution in [0.3, 0.4) is 0 Å². The minimum absolute atomic E-state index is 0.0336. The summed E-state index contributed by atoms with van der Waals surface area (Å²) in [6, 6.07) is 57.4. The van der Waals surface area contributed by atoms with Gasteiger partial charge in [0.1, 0.15) is 0 Å². The Labute approximate surface area is 334 Å². The summed E-state index contributed by atoms with van der Waals surface area (Å²) in [6.45, 7) is 13.6. The average molecular weight is 781 g/mol. The van der Waals surface area contributed by atoms with Gasteiger partial charge in [0.25, 0.3) is 0 Å². The van der Waals surface area contributed by atoms with Gasteiger partial charge in [-0.05, 0) is 132 Å². The van der Waals surface area contributed by atoms with Crippen LogP contribution in [0, 0.1) is 0 Å². The van der Waals surface area contributed by atoms with Crippen LogP contribution >= 0.6 is 15.9 Å². The Morgan fingerprint density at radius 3 is 1.25 bits per heavy atom. The molecule has 8 rings (SSSR count). The van der Waals surface area contributed by atoms with E-state index in [-0.39, 0.29) is 10.8 Å². The van der Waals surface area contributed by atoms with Crippen LogP contribution < -0.4 is 9.80 Å². The number of fused-ring (bicyclic) bond motifs is 2. The van der Waals surface area contributed by atoms with Crippen molar-refractivity contribution < 1.29 is 0 Å². The summed E-state index contributed by atoms with van der Waals surface area (Å²) in [5.41, 5.74) is 11.1. The zero-order chi connectivity index (χ0) is 38.3.